The Hall–Kier alpha value is -2.67. The maximum atomic E-state index is 12.0. The molecule has 1 heterocycles. The highest BCUT2D eigenvalue weighted by Gasteiger charge is 2.09. The lowest BCUT2D eigenvalue weighted by Gasteiger charge is -2.22. The zero-order valence-corrected chi connectivity index (χ0v) is 16.6. The van der Waals surface area contributed by atoms with Crippen LogP contribution in [0.4, 0.5) is 17.2 Å². The Bertz CT molecular complexity index is 730. The van der Waals surface area contributed by atoms with Gasteiger partial charge in [-0.1, -0.05) is 0 Å². The Labute approximate surface area is 161 Å². The minimum absolute atomic E-state index is 0.232. The van der Waals surface area contributed by atoms with Crippen LogP contribution in [0.2, 0.25) is 0 Å². The first-order valence-electron chi connectivity index (χ1n) is 9.32. The van der Waals surface area contributed by atoms with Crippen LogP contribution in [0.25, 0.3) is 0 Å². The van der Waals surface area contributed by atoms with Crippen LogP contribution in [0.5, 0.6) is 0 Å². The summed E-state index contributed by atoms with van der Waals surface area (Å²) in [6, 6.07) is 9.72. The van der Waals surface area contributed by atoms with Crippen LogP contribution in [-0.2, 0) is 4.74 Å². The average Bonchev–Trinajstić information content (AvgIpc) is 2.68. The molecule has 2 rings (SSSR count). The maximum absolute atomic E-state index is 12.0. The fourth-order valence-corrected chi connectivity index (χ4v) is 2.74. The van der Waals surface area contributed by atoms with Gasteiger partial charge in [-0.15, -0.1) is 10.2 Å². The van der Waals surface area contributed by atoms with E-state index in [4.69, 9.17) is 4.74 Å². The van der Waals surface area contributed by atoms with Gasteiger partial charge in [0.15, 0.2) is 11.5 Å². The molecule has 1 aromatic carbocycles. The minimum Gasteiger partial charge on any atom is -0.385 e. The molecule has 146 valence electrons. The van der Waals surface area contributed by atoms with Crippen LogP contribution in [0.15, 0.2) is 30.3 Å². The molecule has 27 heavy (non-hydrogen) atoms. The predicted octanol–water partition coefficient (Wildman–Crippen LogP) is 3.14. The minimum atomic E-state index is -0.232. The number of methoxy groups -OCH3 is 1. The van der Waals surface area contributed by atoms with Crippen LogP contribution in [0, 0.1) is 6.92 Å². The number of nitrogens with one attached hydrogen (secondary N) is 2. The number of nitrogens with zero attached hydrogens (tertiary/aromatic N) is 3. The van der Waals surface area contributed by atoms with Gasteiger partial charge in [0.25, 0.3) is 5.91 Å². The standard InChI is InChI=1S/C20H29N5O2/c1-5-25(6-2)16-8-9-17(15(3)14-16)22-19-11-10-18(23-24-19)20(26)21-12-7-13-27-4/h8-11,14H,5-7,12-13H2,1-4H3,(H,21,26)(H,22,24). The van der Waals surface area contributed by atoms with Crippen molar-refractivity contribution in [3.8, 4) is 0 Å². The lowest BCUT2D eigenvalue weighted by Crippen LogP contribution is -2.26. The fraction of sp³-hybridized carbons (Fsp3) is 0.450. The van der Waals surface area contributed by atoms with Crippen molar-refractivity contribution in [3.63, 3.8) is 0 Å². The van der Waals surface area contributed by atoms with E-state index >= 15 is 0 Å². The Kier molecular flexibility index (Phi) is 8.00. The van der Waals surface area contributed by atoms with E-state index in [1.54, 1.807) is 19.2 Å². The van der Waals surface area contributed by atoms with Gasteiger partial charge in [-0.25, -0.2) is 0 Å². The summed E-state index contributed by atoms with van der Waals surface area (Å²) in [4.78, 5) is 14.3. The highest BCUT2D eigenvalue weighted by atomic mass is 16.5. The highest BCUT2D eigenvalue weighted by molar-refractivity contribution is 5.92. The number of benzene rings is 1. The quantitative estimate of drug-likeness (QED) is 0.625. The third-order valence-corrected chi connectivity index (χ3v) is 4.31. The molecule has 2 N–H and O–H groups in total. The zero-order valence-electron chi connectivity index (χ0n) is 16.6. The second kappa shape index (κ2) is 10.5. The Morgan fingerprint density at radius 2 is 1.93 bits per heavy atom. The molecular weight excluding hydrogens is 342 g/mol. The smallest absolute Gasteiger partial charge is 0.271 e. The normalized spacial score (nSPS) is 10.5. The van der Waals surface area contributed by atoms with E-state index in [1.165, 1.54) is 5.69 Å². The molecule has 2 aromatic rings. The highest BCUT2D eigenvalue weighted by Crippen LogP contribution is 2.24. The van der Waals surface area contributed by atoms with Crippen LogP contribution >= 0.6 is 0 Å². The predicted molar refractivity (Wildman–Crippen MR) is 109 cm³/mol. The molecule has 0 aliphatic rings. The maximum Gasteiger partial charge on any atom is 0.271 e. The van der Waals surface area contributed by atoms with E-state index in [1.807, 2.05) is 6.07 Å². The van der Waals surface area contributed by atoms with Crippen LogP contribution < -0.4 is 15.5 Å². The second-order valence-corrected chi connectivity index (χ2v) is 6.20. The van der Waals surface area contributed by atoms with Crippen molar-refractivity contribution in [2.75, 3.05) is 43.6 Å². The molecule has 0 spiro atoms. The molecule has 0 atom stereocenters. The van der Waals surface area contributed by atoms with Crippen molar-refractivity contribution >= 4 is 23.1 Å². The SMILES string of the molecule is CCN(CC)c1ccc(Nc2ccc(C(=O)NCCCOC)nn2)c(C)c1. The summed E-state index contributed by atoms with van der Waals surface area (Å²) in [5.41, 5.74) is 3.60. The van der Waals surface area contributed by atoms with Crippen molar-refractivity contribution in [2.24, 2.45) is 0 Å². The van der Waals surface area contributed by atoms with Gasteiger partial charge in [-0.05, 0) is 63.1 Å². The lowest BCUT2D eigenvalue weighted by molar-refractivity contribution is 0.0942. The molecule has 0 aliphatic carbocycles. The van der Waals surface area contributed by atoms with Crippen LogP contribution in [-0.4, -0.2) is 49.5 Å². The van der Waals surface area contributed by atoms with E-state index in [-0.39, 0.29) is 5.91 Å². The number of ether oxygens (including phenoxy) is 1. The van der Waals surface area contributed by atoms with Gasteiger partial charge in [0.2, 0.25) is 0 Å². The van der Waals surface area contributed by atoms with Crippen LogP contribution in [0.1, 0.15) is 36.3 Å². The van der Waals surface area contributed by atoms with E-state index < -0.39 is 0 Å². The van der Waals surface area contributed by atoms with Gasteiger partial charge in [0, 0.05) is 44.7 Å². The van der Waals surface area contributed by atoms with E-state index in [2.05, 4.69) is 58.6 Å². The molecule has 0 fully saturated rings. The summed E-state index contributed by atoms with van der Waals surface area (Å²) in [5, 5.41) is 14.2. The van der Waals surface area contributed by atoms with Gasteiger partial charge >= 0.3 is 0 Å². The number of hydrogen-bond acceptors (Lipinski definition) is 6. The summed E-state index contributed by atoms with van der Waals surface area (Å²) in [7, 11) is 1.64. The number of aromatic nitrogens is 2. The second-order valence-electron chi connectivity index (χ2n) is 6.20. The van der Waals surface area contributed by atoms with E-state index in [0.29, 0.717) is 24.7 Å². The third-order valence-electron chi connectivity index (χ3n) is 4.31. The Morgan fingerprint density at radius 1 is 1.15 bits per heavy atom. The molecule has 1 amide bonds. The van der Waals surface area contributed by atoms with Crippen molar-refractivity contribution in [1.82, 2.24) is 15.5 Å². The first-order valence-corrected chi connectivity index (χ1v) is 9.32. The first-order chi connectivity index (χ1) is 13.1. The van der Waals surface area contributed by atoms with Crippen molar-refractivity contribution in [3.05, 3.63) is 41.6 Å². The summed E-state index contributed by atoms with van der Waals surface area (Å²) >= 11 is 0. The number of carbonyl (C=O) groups is 1. The summed E-state index contributed by atoms with van der Waals surface area (Å²) in [5.74, 6) is 0.370. The van der Waals surface area contributed by atoms with Crippen molar-refractivity contribution < 1.29 is 9.53 Å². The van der Waals surface area contributed by atoms with Gasteiger partial charge in [-0.3, -0.25) is 4.79 Å². The molecule has 7 nitrogen and oxygen atoms in total. The Morgan fingerprint density at radius 3 is 2.52 bits per heavy atom. The number of hydrogen-bond donors (Lipinski definition) is 2. The zero-order chi connectivity index (χ0) is 19.6. The van der Waals surface area contributed by atoms with Crippen molar-refractivity contribution in [1.29, 1.82) is 0 Å². The number of rotatable bonds is 10. The number of aryl methyl sites for hydroxylation is 1. The van der Waals surface area contributed by atoms with Gasteiger partial charge in [-0.2, -0.15) is 0 Å². The number of anilines is 3. The summed E-state index contributed by atoms with van der Waals surface area (Å²) < 4.78 is 4.95. The van der Waals surface area contributed by atoms with Gasteiger partial charge in [0.05, 0.1) is 0 Å². The average molecular weight is 371 g/mol. The summed E-state index contributed by atoms with van der Waals surface area (Å²) in [6.07, 6.45) is 0.762. The van der Waals surface area contributed by atoms with Crippen molar-refractivity contribution in [2.45, 2.75) is 27.2 Å². The molecule has 1 aromatic heterocycles. The fourth-order valence-electron chi connectivity index (χ4n) is 2.74. The molecule has 0 radical (unpaired) electrons. The molecular formula is C20H29N5O2. The molecule has 0 aliphatic heterocycles. The van der Waals surface area contributed by atoms with Gasteiger partial charge < -0.3 is 20.3 Å². The third kappa shape index (κ3) is 5.92. The number of amides is 1. The largest absolute Gasteiger partial charge is 0.385 e. The molecule has 0 saturated heterocycles. The molecule has 0 bridgehead atoms. The topological polar surface area (TPSA) is 79.4 Å². The first kappa shape index (κ1) is 20.6. The lowest BCUT2D eigenvalue weighted by atomic mass is 10.1. The molecule has 0 saturated carbocycles. The molecule has 7 heteroatoms. The summed E-state index contributed by atoms with van der Waals surface area (Å²) in [6.45, 7) is 9.47. The van der Waals surface area contributed by atoms with Gasteiger partial charge in [0.1, 0.15) is 0 Å². The van der Waals surface area contributed by atoms with E-state index in [9.17, 15) is 4.79 Å². The Balaban J connectivity index is 1.99. The number of carbonyl (C=O) groups excluding carboxylic acids is 1. The monoisotopic (exact) mass is 371 g/mol. The molecule has 0 unspecified atom stereocenters. The van der Waals surface area contributed by atoms with Crippen LogP contribution in [0.3, 0.4) is 0 Å². The van der Waals surface area contributed by atoms with E-state index in [0.717, 1.165) is 30.8 Å².